The first-order valence-corrected chi connectivity index (χ1v) is 8.77. The molecule has 0 spiro atoms. The maximum absolute atomic E-state index is 12.3. The van der Waals surface area contributed by atoms with Gasteiger partial charge in [-0.25, -0.2) is 5.43 Å². The first-order valence-electron chi connectivity index (χ1n) is 7.97. The van der Waals surface area contributed by atoms with Crippen LogP contribution in [0.1, 0.15) is 16.1 Å². The van der Waals surface area contributed by atoms with Crippen molar-refractivity contribution in [1.82, 2.24) is 15.6 Å². The van der Waals surface area contributed by atoms with Crippen LogP contribution in [0.5, 0.6) is 11.5 Å². The third kappa shape index (κ3) is 4.53. The molecule has 8 heteroatoms. The minimum atomic E-state index is -0.399. The van der Waals surface area contributed by atoms with Gasteiger partial charge in [0.1, 0.15) is 17.2 Å². The van der Waals surface area contributed by atoms with Crippen LogP contribution in [0.3, 0.4) is 0 Å². The Morgan fingerprint density at radius 1 is 1.15 bits per heavy atom. The normalized spacial score (nSPS) is 10.8. The Kier molecular flexibility index (Phi) is 5.87. The predicted molar refractivity (Wildman–Crippen MR) is 106 cm³/mol. The molecule has 1 aromatic heterocycles. The van der Waals surface area contributed by atoms with Crippen molar-refractivity contribution in [3.05, 3.63) is 64.3 Å². The molecule has 3 aromatic rings. The van der Waals surface area contributed by atoms with Crippen LogP contribution in [-0.4, -0.2) is 36.5 Å². The maximum atomic E-state index is 12.3. The molecule has 1 amide bonds. The van der Waals surface area contributed by atoms with Crippen molar-refractivity contribution < 1.29 is 14.3 Å². The van der Waals surface area contributed by atoms with E-state index >= 15 is 0 Å². The van der Waals surface area contributed by atoms with Gasteiger partial charge in [0.05, 0.1) is 26.1 Å². The molecule has 0 radical (unpaired) electrons. The molecule has 0 aliphatic carbocycles. The zero-order chi connectivity index (χ0) is 19.2. The van der Waals surface area contributed by atoms with Crippen molar-refractivity contribution in [2.45, 2.75) is 0 Å². The van der Waals surface area contributed by atoms with Crippen LogP contribution >= 0.6 is 15.9 Å². The summed E-state index contributed by atoms with van der Waals surface area (Å²) in [6.45, 7) is 0. The zero-order valence-electron chi connectivity index (χ0n) is 14.7. The molecule has 1 heterocycles. The van der Waals surface area contributed by atoms with Crippen molar-refractivity contribution in [2.75, 3.05) is 14.2 Å². The number of H-pyrrole nitrogens is 1. The lowest BCUT2D eigenvalue weighted by Gasteiger charge is -2.06. The van der Waals surface area contributed by atoms with E-state index in [0.29, 0.717) is 28.5 Å². The van der Waals surface area contributed by atoms with Crippen molar-refractivity contribution >= 4 is 28.1 Å². The molecule has 3 rings (SSSR count). The SMILES string of the molecule is COc1ccc(OC)c(/C=N\NC(=O)c2cc(-c3ccc(Br)cc3)n[nH]2)c1. The molecule has 0 atom stereocenters. The first-order chi connectivity index (χ1) is 13.1. The van der Waals surface area contributed by atoms with E-state index in [1.165, 1.54) is 6.21 Å². The zero-order valence-corrected chi connectivity index (χ0v) is 16.3. The van der Waals surface area contributed by atoms with E-state index in [1.54, 1.807) is 38.5 Å². The number of hydrazone groups is 1. The van der Waals surface area contributed by atoms with Gasteiger partial charge < -0.3 is 9.47 Å². The molecule has 27 heavy (non-hydrogen) atoms. The molecule has 0 fully saturated rings. The van der Waals surface area contributed by atoms with Crippen LogP contribution in [0, 0.1) is 0 Å². The maximum Gasteiger partial charge on any atom is 0.289 e. The van der Waals surface area contributed by atoms with E-state index in [4.69, 9.17) is 9.47 Å². The highest BCUT2D eigenvalue weighted by Crippen LogP contribution is 2.22. The number of aromatic amines is 1. The second-order valence-electron chi connectivity index (χ2n) is 5.48. The average Bonchev–Trinajstić information content (AvgIpc) is 3.18. The smallest absolute Gasteiger partial charge is 0.289 e. The Morgan fingerprint density at radius 3 is 2.63 bits per heavy atom. The molecular weight excluding hydrogens is 412 g/mol. The van der Waals surface area contributed by atoms with Crippen LogP contribution in [-0.2, 0) is 0 Å². The Labute approximate surface area is 164 Å². The summed E-state index contributed by atoms with van der Waals surface area (Å²) >= 11 is 3.39. The second kappa shape index (κ2) is 8.50. The Morgan fingerprint density at radius 2 is 1.93 bits per heavy atom. The minimum Gasteiger partial charge on any atom is -0.497 e. The van der Waals surface area contributed by atoms with Crippen LogP contribution in [0.4, 0.5) is 0 Å². The number of carbonyl (C=O) groups excluding carboxylic acids is 1. The van der Waals surface area contributed by atoms with E-state index < -0.39 is 5.91 Å². The summed E-state index contributed by atoms with van der Waals surface area (Å²) in [6, 6.07) is 14.6. The van der Waals surface area contributed by atoms with Gasteiger partial charge in [0.2, 0.25) is 0 Å². The molecule has 0 aliphatic heterocycles. The van der Waals surface area contributed by atoms with Crippen LogP contribution in [0.2, 0.25) is 0 Å². The molecule has 2 N–H and O–H groups in total. The Bertz CT molecular complexity index is 967. The third-order valence-corrected chi connectivity index (χ3v) is 4.30. The number of aromatic nitrogens is 2. The fraction of sp³-hybridized carbons (Fsp3) is 0.105. The van der Waals surface area contributed by atoms with E-state index in [9.17, 15) is 4.79 Å². The highest BCUT2D eigenvalue weighted by atomic mass is 79.9. The van der Waals surface area contributed by atoms with Gasteiger partial charge in [-0.2, -0.15) is 10.2 Å². The number of benzene rings is 2. The Balaban J connectivity index is 1.69. The van der Waals surface area contributed by atoms with Gasteiger partial charge in [0.25, 0.3) is 5.91 Å². The number of amides is 1. The summed E-state index contributed by atoms with van der Waals surface area (Å²) in [4.78, 5) is 12.3. The van der Waals surface area contributed by atoms with Gasteiger partial charge in [-0.15, -0.1) is 0 Å². The second-order valence-corrected chi connectivity index (χ2v) is 6.40. The van der Waals surface area contributed by atoms with Crippen molar-refractivity contribution in [1.29, 1.82) is 0 Å². The van der Waals surface area contributed by atoms with Gasteiger partial charge in [0.15, 0.2) is 0 Å². The van der Waals surface area contributed by atoms with E-state index in [1.807, 2.05) is 24.3 Å². The average molecular weight is 429 g/mol. The lowest BCUT2D eigenvalue weighted by molar-refractivity contribution is 0.0950. The van der Waals surface area contributed by atoms with E-state index in [-0.39, 0.29) is 0 Å². The molecule has 0 saturated heterocycles. The van der Waals surface area contributed by atoms with Crippen LogP contribution in [0.15, 0.2) is 58.1 Å². The van der Waals surface area contributed by atoms with Gasteiger partial charge in [-0.1, -0.05) is 28.1 Å². The summed E-state index contributed by atoms with van der Waals surface area (Å²) in [5.74, 6) is 0.883. The fourth-order valence-corrected chi connectivity index (χ4v) is 2.63. The molecule has 2 aromatic carbocycles. The summed E-state index contributed by atoms with van der Waals surface area (Å²) in [7, 11) is 3.14. The molecule has 7 nitrogen and oxygen atoms in total. The highest BCUT2D eigenvalue weighted by Gasteiger charge is 2.10. The summed E-state index contributed by atoms with van der Waals surface area (Å²) in [5, 5.41) is 10.9. The van der Waals surface area contributed by atoms with Gasteiger partial charge in [-0.3, -0.25) is 9.89 Å². The minimum absolute atomic E-state index is 0.308. The number of nitrogens with zero attached hydrogens (tertiary/aromatic N) is 2. The van der Waals surface area contributed by atoms with Gasteiger partial charge in [-0.05, 0) is 36.4 Å². The van der Waals surface area contributed by atoms with Crippen molar-refractivity contribution in [3.63, 3.8) is 0 Å². The lowest BCUT2D eigenvalue weighted by Crippen LogP contribution is -2.18. The molecule has 138 valence electrons. The highest BCUT2D eigenvalue weighted by molar-refractivity contribution is 9.10. The third-order valence-electron chi connectivity index (χ3n) is 3.77. The number of carbonyl (C=O) groups is 1. The number of halogens is 1. The fourth-order valence-electron chi connectivity index (χ4n) is 2.37. The number of methoxy groups -OCH3 is 2. The van der Waals surface area contributed by atoms with Crippen molar-refractivity contribution in [3.8, 4) is 22.8 Å². The monoisotopic (exact) mass is 428 g/mol. The molecular formula is C19H17BrN4O3. The van der Waals surface area contributed by atoms with Crippen LogP contribution < -0.4 is 14.9 Å². The van der Waals surface area contributed by atoms with Gasteiger partial charge in [0, 0.05) is 15.6 Å². The van der Waals surface area contributed by atoms with Gasteiger partial charge >= 0.3 is 0 Å². The number of hydrogen-bond donors (Lipinski definition) is 2. The molecule has 0 unspecified atom stereocenters. The topological polar surface area (TPSA) is 88.6 Å². The standard InChI is InChI=1S/C19H17BrN4O3/c1-26-15-7-8-18(27-2)13(9-15)11-21-24-19(25)17-10-16(22-23-17)12-3-5-14(20)6-4-12/h3-11H,1-2H3,(H,22,23)(H,24,25)/b21-11-. The summed E-state index contributed by atoms with van der Waals surface area (Å²) in [5.41, 5.74) is 5.02. The number of ether oxygens (including phenoxy) is 2. The Hall–Kier alpha value is -3.13. The lowest BCUT2D eigenvalue weighted by atomic mass is 10.1. The van der Waals surface area contributed by atoms with Crippen molar-refractivity contribution in [2.24, 2.45) is 5.10 Å². The van der Waals surface area contributed by atoms with Crippen LogP contribution in [0.25, 0.3) is 11.3 Å². The molecule has 0 aliphatic rings. The molecule has 0 bridgehead atoms. The summed E-state index contributed by atoms with van der Waals surface area (Å²) < 4.78 is 11.4. The number of hydrogen-bond acceptors (Lipinski definition) is 5. The molecule has 0 saturated carbocycles. The number of rotatable bonds is 6. The van der Waals surface area contributed by atoms with E-state index in [0.717, 1.165) is 10.0 Å². The quantitative estimate of drug-likeness (QED) is 0.463. The number of nitrogens with one attached hydrogen (secondary N) is 2. The predicted octanol–water partition coefficient (Wildman–Crippen LogP) is 3.62. The largest absolute Gasteiger partial charge is 0.497 e. The first kappa shape index (κ1) is 18.7. The summed E-state index contributed by atoms with van der Waals surface area (Å²) in [6.07, 6.45) is 1.49. The van der Waals surface area contributed by atoms with E-state index in [2.05, 4.69) is 36.7 Å².